The van der Waals surface area contributed by atoms with Crippen LogP contribution in [0.4, 0.5) is 0 Å². The van der Waals surface area contributed by atoms with Crippen molar-refractivity contribution >= 4 is 29.9 Å². The first-order valence-electron chi connectivity index (χ1n) is 9.46. The first-order valence-corrected chi connectivity index (χ1v) is 9.46. The molecule has 2 aromatic carbocycles. The Hall–Kier alpha value is -2.81. The molecule has 1 heterocycles. The minimum Gasteiger partial charge on any atom is -0.497 e. The molecule has 0 radical (unpaired) electrons. The zero-order valence-electron chi connectivity index (χ0n) is 17.2. The lowest BCUT2D eigenvalue weighted by Crippen LogP contribution is -2.36. The molecule has 6 nitrogen and oxygen atoms in total. The van der Waals surface area contributed by atoms with Crippen LogP contribution in [0.25, 0.3) is 0 Å². The number of aromatic nitrogens is 1. The van der Waals surface area contributed by atoms with Gasteiger partial charge < -0.3 is 20.1 Å². The van der Waals surface area contributed by atoms with Gasteiger partial charge in [-0.3, -0.25) is 9.98 Å². The Morgan fingerprint density at radius 1 is 0.900 bits per heavy atom. The van der Waals surface area contributed by atoms with Crippen molar-refractivity contribution in [3.05, 3.63) is 89.7 Å². The molecule has 1 aromatic heterocycles. The Labute approximate surface area is 194 Å². The van der Waals surface area contributed by atoms with E-state index in [1.54, 1.807) is 20.4 Å². The molecule has 158 valence electrons. The fourth-order valence-electron chi connectivity index (χ4n) is 2.72. The van der Waals surface area contributed by atoms with Gasteiger partial charge in [0, 0.05) is 26.3 Å². The quantitative estimate of drug-likeness (QED) is 0.267. The van der Waals surface area contributed by atoms with Crippen LogP contribution in [0.5, 0.6) is 11.5 Å². The highest BCUT2D eigenvalue weighted by molar-refractivity contribution is 14.0. The molecule has 2 N–H and O–H groups in total. The van der Waals surface area contributed by atoms with Gasteiger partial charge in [-0.25, -0.2) is 0 Å². The zero-order valence-corrected chi connectivity index (χ0v) is 19.5. The number of rotatable bonds is 8. The van der Waals surface area contributed by atoms with Crippen LogP contribution >= 0.6 is 24.0 Å². The number of pyridine rings is 1. The summed E-state index contributed by atoms with van der Waals surface area (Å²) >= 11 is 0. The summed E-state index contributed by atoms with van der Waals surface area (Å²) in [6, 6.07) is 21.8. The standard InChI is InChI=1S/C23H26N4O2.HI/c1-24-23(26-15-18-9-11-21(28-2)12-10-18)27-16-19-6-5-8-22(14-19)29-17-20-7-3-4-13-25-20;/h3-14H,15-17H2,1-2H3,(H2,24,26,27);1H. The molecule has 0 bridgehead atoms. The predicted octanol–water partition coefficient (Wildman–Crippen LogP) is 4.15. The van der Waals surface area contributed by atoms with Crippen LogP contribution < -0.4 is 20.1 Å². The van der Waals surface area contributed by atoms with Gasteiger partial charge in [0.05, 0.1) is 12.8 Å². The van der Waals surface area contributed by atoms with E-state index in [0.717, 1.165) is 34.3 Å². The topological polar surface area (TPSA) is 67.8 Å². The van der Waals surface area contributed by atoms with Gasteiger partial charge in [0.15, 0.2) is 5.96 Å². The molecule has 0 aliphatic carbocycles. The van der Waals surface area contributed by atoms with Crippen molar-refractivity contribution in [1.82, 2.24) is 15.6 Å². The molecule has 0 fully saturated rings. The molecule has 7 heteroatoms. The lowest BCUT2D eigenvalue weighted by Gasteiger charge is -2.13. The van der Waals surface area contributed by atoms with Gasteiger partial charge in [-0.2, -0.15) is 0 Å². The van der Waals surface area contributed by atoms with E-state index in [0.29, 0.717) is 19.7 Å². The SMILES string of the molecule is CN=C(NCc1ccc(OC)cc1)NCc1cccc(OCc2ccccn2)c1.I. The highest BCUT2D eigenvalue weighted by atomic mass is 127. The second-order valence-corrected chi connectivity index (χ2v) is 6.38. The molecule has 0 amide bonds. The molecule has 3 rings (SSSR count). The summed E-state index contributed by atoms with van der Waals surface area (Å²) in [6.07, 6.45) is 1.77. The molecule has 3 aromatic rings. The maximum absolute atomic E-state index is 5.84. The van der Waals surface area contributed by atoms with E-state index in [1.165, 1.54) is 0 Å². The average molecular weight is 518 g/mol. The predicted molar refractivity (Wildman–Crippen MR) is 130 cm³/mol. The Balaban J connectivity index is 0.00000320. The first kappa shape index (κ1) is 23.5. The molecule has 0 saturated heterocycles. The van der Waals surface area contributed by atoms with Crippen molar-refractivity contribution in [3.63, 3.8) is 0 Å². The summed E-state index contributed by atoms with van der Waals surface area (Å²) < 4.78 is 11.0. The second-order valence-electron chi connectivity index (χ2n) is 6.38. The maximum atomic E-state index is 5.84. The fourth-order valence-corrected chi connectivity index (χ4v) is 2.72. The number of hydrogen-bond donors (Lipinski definition) is 2. The summed E-state index contributed by atoms with van der Waals surface area (Å²) in [6.45, 7) is 1.77. The van der Waals surface area contributed by atoms with E-state index in [9.17, 15) is 0 Å². The smallest absolute Gasteiger partial charge is 0.191 e. The number of aliphatic imine (C=N–C) groups is 1. The van der Waals surface area contributed by atoms with Crippen molar-refractivity contribution in [2.24, 2.45) is 4.99 Å². The summed E-state index contributed by atoms with van der Waals surface area (Å²) in [5.74, 6) is 2.40. The van der Waals surface area contributed by atoms with Crippen LogP contribution in [0.1, 0.15) is 16.8 Å². The number of benzene rings is 2. The summed E-state index contributed by atoms with van der Waals surface area (Å²) in [7, 11) is 3.42. The van der Waals surface area contributed by atoms with Gasteiger partial charge in [0.25, 0.3) is 0 Å². The van der Waals surface area contributed by atoms with E-state index >= 15 is 0 Å². The average Bonchev–Trinajstić information content (AvgIpc) is 2.79. The number of methoxy groups -OCH3 is 1. The number of hydrogen-bond acceptors (Lipinski definition) is 4. The van der Waals surface area contributed by atoms with Crippen LogP contribution in [-0.2, 0) is 19.7 Å². The number of halogens is 1. The van der Waals surface area contributed by atoms with Gasteiger partial charge in [-0.1, -0.05) is 30.3 Å². The van der Waals surface area contributed by atoms with Gasteiger partial charge in [-0.15, -0.1) is 24.0 Å². The van der Waals surface area contributed by atoms with E-state index in [1.807, 2.05) is 60.7 Å². The summed E-state index contributed by atoms with van der Waals surface area (Å²) in [5.41, 5.74) is 3.16. The third kappa shape index (κ3) is 7.55. The lowest BCUT2D eigenvalue weighted by molar-refractivity contribution is 0.301. The Morgan fingerprint density at radius 3 is 2.33 bits per heavy atom. The fraction of sp³-hybridized carbons (Fsp3) is 0.217. The molecular weight excluding hydrogens is 491 g/mol. The highest BCUT2D eigenvalue weighted by Gasteiger charge is 2.02. The minimum absolute atomic E-state index is 0. The number of nitrogens with zero attached hydrogens (tertiary/aromatic N) is 2. The summed E-state index contributed by atoms with van der Waals surface area (Å²) in [5, 5.41) is 6.64. The van der Waals surface area contributed by atoms with Crippen LogP contribution in [0, 0.1) is 0 Å². The Morgan fingerprint density at radius 2 is 1.67 bits per heavy atom. The third-order valence-corrected chi connectivity index (χ3v) is 4.31. The summed E-state index contributed by atoms with van der Waals surface area (Å²) in [4.78, 5) is 8.55. The van der Waals surface area contributed by atoms with Gasteiger partial charge in [0.1, 0.15) is 18.1 Å². The maximum Gasteiger partial charge on any atom is 0.191 e. The highest BCUT2D eigenvalue weighted by Crippen LogP contribution is 2.15. The van der Waals surface area contributed by atoms with Crippen molar-refractivity contribution < 1.29 is 9.47 Å². The van der Waals surface area contributed by atoms with Crippen LogP contribution in [0.2, 0.25) is 0 Å². The molecule has 0 spiro atoms. The van der Waals surface area contributed by atoms with Gasteiger partial charge in [0.2, 0.25) is 0 Å². The zero-order chi connectivity index (χ0) is 20.3. The molecule has 0 unspecified atom stereocenters. The third-order valence-electron chi connectivity index (χ3n) is 4.31. The van der Waals surface area contributed by atoms with E-state index in [2.05, 4.69) is 26.7 Å². The van der Waals surface area contributed by atoms with Crippen molar-refractivity contribution in [2.75, 3.05) is 14.2 Å². The van der Waals surface area contributed by atoms with E-state index in [4.69, 9.17) is 9.47 Å². The normalized spacial score (nSPS) is 10.7. The van der Waals surface area contributed by atoms with Crippen LogP contribution in [0.3, 0.4) is 0 Å². The monoisotopic (exact) mass is 518 g/mol. The number of ether oxygens (including phenoxy) is 2. The largest absolute Gasteiger partial charge is 0.497 e. The molecular formula is C23H27IN4O2. The molecule has 0 aliphatic rings. The van der Waals surface area contributed by atoms with E-state index < -0.39 is 0 Å². The number of nitrogens with one attached hydrogen (secondary N) is 2. The molecule has 30 heavy (non-hydrogen) atoms. The molecule has 0 aliphatic heterocycles. The van der Waals surface area contributed by atoms with Gasteiger partial charge >= 0.3 is 0 Å². The second kappa shape index (κ2) is 12.7. The van der Waals surface area contributed by atoms with Gasteiger partial charge in [-0.05, 0) is 47.5 Å². The molecule has 0 atom stereocenters. The van der Waals surface area contributed by atoms with Crippen molar-refractivity contribution in [1.29, 1.82) is 0 Å². The Kier molecular flexibility index (Phi) is 9.93. The van der Waals surface area contributed by atoms with Crippen LogP contribution in [-0.4, -0.2) is 25.1 Å². The minimum atomic E-state index is 0. The number of guanidine groups is 1. The molecule has 0 saturated carbocycles. The van der Waals surface area contributed by atoms with Crippen molar-refractivity contribution in [2.45, 2.75) is 19.7 Å². The Bertz CT molecular complexity index is 918. The van der Waals surface area contributed by atoms with Crippen molar-refractivity contribution in [3.8, 4) is 11.5 Å². The van der Waals surface area contributed by atoms with E-state index in [-0.39, 0.29) is 24.0 Å². The first-order chi connectivity index (χ1) is 14.3. The lowest BCUT2D eigenvalue weighted by atomic mass is 10.2. The van der Waals surface area contributed by atoms with Crippen LogP contribution in [0.15, 0.2) is 77.9 Å².